The molecule has 0 aromatic rings. The van der Waals surface area contributed by atoms with Gasteiger partial charge >= 0.3 is 17.9 Å². The number of unbranched alkanes of at least 4 members (excludes halogenated alkanes) is 32. The maximum absolute atomic E-state index is 12.9. The first-order chi connectivity index (χ1) is 36.5. The van der Waals surface area contributed by atoms with Crippen molar-refractivity contribution in [2.24, 2.45) is 0 Å². The summed E-state index contributed by atoms with van der Waals surface area (Å²) >= 11 is 0. The van der Waals surface area contributed by atoms with Gasteiger partial charge in [-0.1, -0.05) is 292 Å². The number of allylic oxidation sites excluding steroid dienone is 14. The monoisotopic (exact) mass is 1030 g/mol. The summed E-state index contributed by atoms with van der Waals surface area (Å²) in [5.74, 6) is -0.988. The van der Waals surface area contributed by atoms with E-state index in [-0.39, 0.29) is 37.5 Å². The first-order valence-electron chi connectivity index (χ1n) is 31.6. The Kier molecular flexibility index (Phi) is 59.3. The minimum absolute atomic E-state index is 0.102. The molecule has 0 rings (SSSR count). The van der Waals surface area contributed by atoms with Crippen LogP contribution in [0.25, 0.3) is 0 Å². The van der Waals surface area contributed by atoms with Gasteiger partial charge in [-0.15, -0.1) is 0 Å². The number of esters is 3. The molecule has 6 heteroatoms. The Morgan fingerprint density at radius 2 is 0.554 bits per heavy atom. The van der Waals surface area contributed by atoms with Crippen molar-refractivity contribution < 1.29 is 28.6 Å². The molecule has 0 aromatic heterocycles. The highest BCUT2D eigenvalue weighted by Crippen LogP contribution is 2.17. The molecular formula is C68H118O6. The molecule has 426 valence electrons. The van der Waals surface area contributed by atoms with Crippen molar-refractivity contribution in [3.8, 4) is 0 Å². The Morgan fingerprint density at radius 3 is 0.905 bits per heavy atom. The van der Waals surface area contributed by atoms with E-state index in [4.69, 9.17) is 14.2 Å². The summed E-state index contributed by atoms with van der Waals surface area (Å²) in [7, 11) is 0. The fourth-order valence-corrected chi connectivity index (χ4v) is 8.94. The van der Waals surface area contributed by atoms with Crippen molar-refractivity contribution in [3.63, 3.8) is 0 Å². The molecule has 1 unspecified atom stereocenters. The van der Waals surface area contributed by atoms with Crippen molar-refractivity contribution in [1.29, 1.82) is 0 Å². The van der Waals surface area contributed by atoms with Crippen LogP contribution in [0.15, 0.2) is 85.1 Å². The van der Waals surface area contributed by atoms with Crippen molar-refractivity contribution in [3.05, 3.63) is 85.1 Å². The Hall–Kier alpha value is -3.41. The normalized spacial score (nSPS) is 12.6. The second-order valence-electron chi connectivity index (χ2n) is 20.9. The van der Waals surface area contributed by atoms with Gasteiger partial charge in [-0.05, 0) is 83.5 Å². The van der Waals surface area contributed by atoms with Crippen molar-refractivity contribution in [1.82, 2.24) is 0 Å². The van der Waals surface area contributed by atoms with E-state index in [1.807, 2.05) is 6.08 Å². The fourth-order valence-electron chi connectivity index (χ4n) is 8.94. The largest absolute Gasteiger partial charge is 0.462 e. The topological polar surface area (TPSA) is 78.9 Å². The van der Waals surface area contributed by atoms with E-state index in [0.29, 0.717) is 19.3 Å². The number of rotatable bonds is 57. The molecule has 0 heterocycles. The smallest absolute Gasteiger partial charge is 0.306 e. The maximum atomic E-state index is 12.9. The third-order valence-corrected chi connectivity index (χ3v) is 13.6. The molecule has 1 atom stereocenters. The SMILES string of the molecule is CC/C=C\C/C=C\C/C=C\C/C=C\CCC(=O)OCC(COC(=O)CCCCCCCCCCCCCCCCCCCCCCCC)OC(=O)CCCCCCCC/C=C\C/C=C\C/C=C\CCCCCCC. The molecule has 0 bridgehead atoms. The van der Waals surface area contributed by atoms with Gasteiger partial charge in [0, 0.05) is 19.3 Å². The molecule has 0 aromatic carbocycles. The van der Waals surface area contributed by atoms with Gasteiger partial charge < -0.3 is 14.2 Å². The molecule has 0 fully saturated rings. The molecular weight excluding hydrogens is 913 g/mol. The van der Waals surface area contributed by atoms with E-state index < -0.39 is 6.10 Å². The number of ether oxygens (including phenoxy) is 3. The standard InChI is InChI=1S/C68H118O6/c1-4-7-10-13-16-19-22-25-27-29-31-33-35-36-38-40-43-46-49-52-55-58-61-67(70)73-64-65(63-72-66(69)60-57-54-51-48-45-42-24-21-18-15-12-9-6-3)74-68(71)62-59-56-53-50-47-44-41-39-37-34-32-30-28-26-23-20-17-14-11-8-5-2/h9,12,18,21,23,26,30,32,37,39,42,45,51,54,65H,4-8,10-11,13-17,19-20,22,24-25,27-29,31,33-36,38,40-41,43-44,46-50,52-53,55-64H2,1-3H3/b12-9-,21-18-,26-23-,32-30-,39-37-,45-42-,54-51-. The highest BCUT2D eigenvalue weighted by Gasteiger charge is 2.19. The molecule has 0 radical (unpaired) electrons. The quantitative estimate of drug-likeness (QED) is 0.0261. The zero-order chi connectivity index (χ0) is 53.6. The van der Waals surface area contributed by atoms with Gasteiger partial charge in [0.1, 0.15) is 13.2 Å². The second-order valence-corrected chi connectivity index (χ2v) is 20.9. The number of carbonyl (C=O) groups is 3. The predicted octanol–water partition coefficient (Wildman–Crippen LogP) is 21.5. The Labute approximate surface area is 458 Å². The number of hydrogen-bond acceptors (Lipinski definition) is 6. The first-order valence-corrected chi connectivity index (χ1v) is 31.6. The van der Waals surface area contributed by atoms with Gasteiger partial charge in [-0.3, -0.25) is 14.4 Å². The minimum atomic E-state index is -0.812. The first kappa shape index (κ1) is 70.6. The van der Waals surface area contributed by atoms with Crippen LogP contribution in [0.2, 0.25) is 0 Å². The summed E-state index contributed by atoms with van der Waals surface area (Å²) < 4.78 is 16.8. The summed E-state index contributed by atoms with van der Waals surface area (Å²) in [6.07, 6.45) is 81.8. The molecule has 0 aliphatic carbocycles. The van der Waals surface area contributed by atoms with Crippen LogP contribution >= 0.6 is 0 Å². The lowest BCUT2D eigenvalue weighted by molar-refractivity contribution is -0.166. The Morgan fingerprint density at radius 1 is 0.284 bits per heavy atom. The molecule has 0 N–H and O–H groups in total. The molecule has 6 nitrogen and oxygen atoms in total. The van der Waals surface area contributed by atoms with Crippen LogP contribution in [0.5, 0.6) is 0 Å². The van der Waals surface area contributed by atoms with Crippen molar-refractivity contribution in [2.75, 3.05) is 13.2 Å². The summed E-state index contributed by atoms with van der Waals surface area (Å²) in [4.78, 5) is 38.2. The zero-order valence-corrected chi connectivity index (χ0v) is 48.8. The Balaban J connectivity index is 4.38. The van der Waals surface area contributed by atoms with Crippen LogP contribution < -0.4 is 0 Å². The van der Waals surface area contributed by atoms with Gasteiger partial charge in [-0.2, -0.15) is 0 Å². The van der Waals surface area contributed by atoms with Crippen LogP contribution in [0.4, 0.5) is 0 Å². The summed E-state index contributed by atoms with van der Waals surface area (Å²) in [5, 5.41) is 0. The second kappa shape index (κ2) is 62.1. The third kappa shape index (κ3) is 59.5. The van der Waals surface area contributed by atoms with E-state index >= 15 is 0 Å². The van der Waals surface area contributed by atoms with Crippen molar-refractivity contribution >= 4 is 17.9 Å². The van der Waals surface area contributed by atoms with Gasteiger partial charge in [0.05, 0.1) is 0 Å². The fraction of sp³-hybridized carbons (Fsp3) is 0.750. The van der Waals surface area contributed by atoms with Crippen molar-refractivity contribution in [2.45, 2.75) is 316 Å². The molecule has 0 spiro atoms. The Bertz CT molecular complexity index is 1420. The third-order valence-electron chi connectivity index (χ3n) is 13.6. The van der Waals surface area contributed by atoms with Gasteiger partial charge in [0.2, 0.25) is 0 Å². The lowest BCUT2D eigenvalue weighted by Crippen LogP contribution is -2.30. The van der Waals surface area contributed by atoms with Gasteiger partial charge in [-0.25, -0.2) is 0 Å². The lowest BCUT2D eigenvalue weighted by Gasteiger charge is -2.18. The summed E-state index contributed by atoms with van der Waals surface area (Å²) in [6.45, 7) is 6.47. The summed E-state index contributed by atoms with van der Waals surface area (Å²) in [5.41, 5.74) is 0. The van der Waals surface area contributed by atoms with Crippen LogP contribution in [-0.2, 0) is 28.6 Å². The zero-order valence-electron chi connectivity index (χ0n) is 48.8. The molecule has 0 saturated heterocycles. The number of hydrogen-bond donors (Lipinski definition) is 0. The molecule has 0 aliphatic heterocycles. The van der Waals surface area contributed by atoms with E-state index in [2.05, 4.69) is 99.8 Å². The maximum Gasteiger partial charge on any atom is 0.306 e. The van der Waals surface area contributed by atoms with Crippen LogP contribution in [-0.4, -0.2) is 37.2 Å². The number of carbonyl (C=O) groups excluding carboxylic acids is 3. The average Bonchev–Trinajstić information content (AvgIpc) is 3.40. The lowest BCUT2D eigenvalue weighted by atomic mass is 10.0. The molecule has 0 aliphatic rings. The van der Waals surface area contributed by atoms with E-state index in [1.165, 1.54) is 173 Å². The summed E-state index contributed by atoms with van der Waals surface area (Å²) in [6, 6.07) is 0. The minimum Gasteiger partial charge on any atom is -0.462 e. The highest BCUT2D eigenvalue weighted by atomic mass is 16.6. The van der Waals surface area contributed by atoms with Crippen LogP contribution in [0, 0.1) is 0 Å². The highest BCUT2D eigenvalue weighted by molar-refractivity contribution is 5.71. The molecule has 0 amide bonds. The van der Waals surface area contributed by atoms with E-state index in [0.717, 1.165) is 89.9 Å². The van der Waals surface area contributed by atoms with E-state index in [9.17, 15) is 14.4 Å². The van der Waals surface area contributed by atoms with Gasteiger partial charge in [0.15, 0.2) is 6.10 Å². The molecule has 0 saturated carbocycles. The molecule has 74 heavy (non-hydrogen) atoms. The van der Waals surface area contributed by atoms with E-state index in [1.54, 1.807) is 0 Å². The average molecular weight is 1030 g/mol. The van der Waals surface area contributed by atoms with Crippen LogP contribution in [0.3, 0.4) is 0 Å². The predicted molar refractivity (Wildman–Crippen MR) is 321 cm³/mol. The van der Waals surface area contributed by atoms with Crippen LogP contribution in [0.1, 0.15) is 310 Å². The van der Waals surface area contributed by atoms with Gasteiger partial charge in [0.25, 0.3) is 0 Å².